The fourth-order valence-electron chi connectivity index (χ4n) is 2.06. The van der Waals surface area contributed by atoms with Crippen molar-refractivity contribution < 1.29 is 22.0 Å². The molecule has 0 amide bonds. The molecule has 0 aliphatic carbocycles. The number of halogens is 2. The first-order chi connectivity index (χ1) is 9.22. The Morgan fingerprint density at radius 3 is 2.10 bits per heavy atom. The molecule has 1 saturated heterocycles. The molecule has 1 aromatic rings. The summed E-state index contributed by atoms with van der Waals surface area (Å²) in [4.78, 5) is 11.2. The number of rotatable bonds is 3. The largest absolute Gasteiger partial charge is 0.295 e. The van der Waals surface area contributed by atoms with Gasteiger partial charge in [0.05, 0.1) is 4.90 Å². The molecule has 0 saturated carbocycles. The van der Waals surface area contributed by atoms with Crippen LogP contribution < -0.4 is 0 Å². The summed E-state index contributed by atoms with van der Waals surface area (Å²) in [5.41, 5.74) is 0.411. The van der Waals surface area contributed by atoms with E-state index in [4.69, 9.17) is 0 Å². The number of Topliss-reactive ketones (excluding diaryl/α,β-unsaturated/α-hetero) is 1. The van der Waals surface area contributed by atoms with E-state index < -0.39 is 28.8 Å². The molecular formula is C13H15F2NO3S. The first kappa shape index (κ1) is 15.1. The quantitative estimate of drug-likeness (QED) is 0.805. The number of carbonyl (C=O) groups excluding carboxylic acids is 1. The summed E-state index contributed by atoms with van der Waals surface area (Å²) < 4.78 is 51.7. The Kier molecular flexibility index (Phi) is 3.93. The highest BCUT2D eigenvalue weighted by Crippen LogP contribution is 2.30. The van der Waals surface area contributed by atoms with Crippen molar-refractivity contribution in [1.82, 2.24) is 4.31 Å². The molecule has 2 rings (SSSR count). The summed E-state index contributed by atoms with van der Waals surface area (Å²) in [5.74, 6) is -2.95. The second-order valence-corrected chi connectivity index (χ2v) is 6.78. The minimum Gasteiger partial charge on any atom is -0.295 e. The van der Waals surface area contributed by atoms with Crippen LogP contribution in [0.1, 0.15) is 30.1 Å². The number of carbonyl (C=O) groups is 1. The highest BCUT2D eigenvalue weighted by molar-refractivity contribution is 7.89. The summed E-state index contributed by atoms with van der Waals surface area (Å²) >= 11 is 0. The Bertz CT molecular complexity index is 601. The van der Waals surface area contributed by atoms with E-state index in [2.05, 4.69) is 0 Å². The number of hydrogen-bond acceptors (Lipinski definition) is 3. The SMILES string of the molecule is CC(=O)c1ccc(S(=O)(=O)N2CCC(F)(F)CC2)cc1. The van der Waals surface area contributed by atoms with Crippen LogP contribution in [0.5, 0.6) is 0 Å². The number of hydrogen-bond donors (Lipinski definition) is 0. The fourth-order valence-corrected chi connectivity index (χ4v) is 3.51. The van der Waals surface area contributed by atoms with Crippen LogP contribution in [0.25, 0.3) is 0 Å². The summed E-state index contributed by atoms with van der Waals surface area (Å²) in [7, 11) is -3.77. The second kappa shape index (κ2) is 5.21. The third kappa shape index (κ3) is 3.04. The lowest BCUT2D eigenvalue weighted by Crippen LogP contribution is -2.42. The van der Waals surface area contributed by atoms with Crippen LogP contribution in [-0.4, -0.2) is 37.5 Å². The molecule has 4 nitrogen and oxygen atoms in total. The van der Waals surface area contributed by atoms with Gasteiger partial charge < -0.3 is 0 Å². The van der Waals surface area contributed by atoms with Gasteiger partial charge in [-0.05, 0) is 19.1 Å². The molecule has 110 valence electrons. The van der Waals surface area contributed by atoms with Crippen LogP contribution >= 0.6 is 0 Å². The lowest BCUT2D eigenvalue weighted by atomic mass is 10.1. The third-order valence-corrected chi connectivity index (χ3v) is 5.27. The molecule has 0 atom stereocenters. The normalized spacial score (nSPS) is 19.8. The third-order valence-electron chi connectivity index (χ3n) is 3.35. The van der Waals surface area contributed by atoms with E-state index in [1.165, 1.54) is 31.2 Å². The van der Waals surface area contributed by atoms with Gasteiger partial charge in [-0.15, -0.1) is 0 Å². The smallest absolute Gasteiger partial charge is 0.250 e. The van der Waals surface area contributed by atoms with Crippen LogP contribution in [0.15, 0.2) is 29.2 Å². The molecule has 20 heavy (non-hydrogen) atoms. The predicted octanol–water partition coefficient (Wildman–Crippen LogP) is 2.31. The molecule has 0 radical (unpaired) electrons. The van der Waals surface area contributed by atoms with E-state index in [0.29, 0.717) is 5.56 Å². The molecule has 0 spiro atoms. The van der Waals surface area contributed by atoms with Crippen LogP contribution in [0.2, 0.25) is 0 Å². The number of sulfonamides is 1. The molecular weight excluding hydrogens is 288 g/mol. The van der Waals surface area contributed by atoms with Crippen LogP contribution in [0.4, 0.5) is 8.78 Å². The zero-order chi connectivity index (χ0) is 15.0. The minimum atomic E-state index is -3.77. The van der Waals surface area contributed by atoms with Crippen molar-refractivity contribution in [1.29, 1.82) is 0 Å². The van der Waals surface area contributed by atoms with Gasteiger partial charge in [0.25, 0.3) is 5.92 Å². The average Bonchev–Trinajstić information content (AvgIpc) is 2.38. The first-order valence-corrected chi connectivity index (χ1v) is 7.65. The number of ketones is 1. The van der Waals surface area contributed by atoms with Crippen LogP contribution in [0, 0.1) is 0 Å². The van der Waals surface area contributed by atoms with Gasteiger partial charge in [-0.1, -0.05) is 12.1 Å². The molecule has 0 aromatic heterocycles. The van der Waals surface area contributed by atoms with E-state index in [1.807, 2.05) is 0 Å². The second-order valence-electron chi connectivity index (χ2n) is 4.84. The van der Waals surface area contributed by atoms with E-state index in [0.717, 1.165) is 4.31 Å². The first-order valence-electron chi connectivity index (χ1n) is 6.21. The summed E-state index contributed by atoms with van der Waals surface area (Å²) in [5, 5.41) is 0. The molecule has 1 aliphatic heterocycles. The average molecular weight is 303 g/mol. The number of piperidine rings is 1. The van der Waals surface area contributed by atoms with Gasteiger partial charge >= 0.3 is 0 Å². The predicted molar refractivity (Wildman–Crippen MR) is 69.4 cm³/mol. The summed E-state index contributed by atoms with van der Waals surface area (Å²) in [6.45, 7) is 1.00. The van der Waals surface area contributed by atoms with E-state index in [9.17, 15) is 22.0 Å². The molecule has 1 aromatic carbocycles. The highest BCUT2D eigenvalue weighted by Gasteiger charge is 2.38. The van der Waals surface area contributed by atoms with Gasteiger partial charge in [-0.25, -0.2) is 17.2 Å². The summed E-state index contributed by atoms with van der Waals surface area (Å²) in [6.07, 6.45) is -0.921. The highest BCUT2D eigenvalue weighted by atomic mass is 32.2. The Hall–Kier alpha value is -1.34. The van der Waals surface area contributed by atoms with Crippen molar-refractivity contribution in [3.63, 3.8) is 0 Å². The van der Waals surface area contributed by atoms with Crippen LogP contribution in [-0.2, 0) is 10.0 Å². The molecule has 7 heteroatoms. The van der Waals surface area contributed by atoms with Gasteiger partial charge in [-0.3, -0.25) is 4.79 Å². The van der Waals surface area contributed by atoms with Crippen molar-refractivity contribution in [2.24, 2.45) is 0 Å². The van der Waals surface area contributed by atoms with Crippen molar-refractivity contribution >= 4 is 15.8 Å². The monoisotopic (exact) mass is 303 g/mol. The lowest BCUT2D eigenvalue weighted by molar-refractivity contribution is -0.0412. The topological polar surface area (TPSA) is 54.5 Å². The fraction of sp³-hybridized carbons (Fsp3) is 0.462. The molecule has 1 heterocycles. The molecule has 0 bridgehead atoms. The van der Waals surface area contributed by atoms with Crippen molar-refractivity contribution in [2.75, 3.05) is 13.1 Å². The lowest BCUT2D eigenvalue weighted by Gasteiger charge is -2.30. The van der Waals surface area contributed by atoms with Gasteiger partial charge in [0, 0.05) is 31.5 Å². The van der Waals surface area contributed by atoms with Gasteiger partial charge in [0.1, 0.15) is 0 Å². The van der Waals surface area contributed by atoms with Crippen LogP contribution in [0.3, 0.4) is 0 Å². The zero-order valence-corrected chi connectivity index (χ0v) is 11.8. The standard InChI is InChI=1S/C13H15F2NO3S/c1-10(17)11-2-4-12(5-3-11)20(18,19)16-8-6-13(14,15)7-9-16/h2-5H,6-9H2,1H3. The van der Waals surface area contributed by atoms with Gasteiger partial charge in [0.15, 0.2) is 5.78 Å². The van der Waals surface area contributed by atoms with Gasteiger partial charge in [-0.2, -0.15) is 4.31 Å². The van der Waals surface area contributed by atoms with E-state index in [1.54, 1.807) is 0 Å². The molecule has 0 unspecified atom stereocenters. The Morgan fingerprint density at radius 1 is 1.15 bits per heavy atom. The van der Waals surface area contributed by atoms with Crippen molar-refractivity contribution in [3.05, 3.63) is 29.8 Å². The van der Waals surface area contributed by atoms with E-state index >= 15 is 0 Å². The maximum absolute atomic E-state index is 13.1. The Labute approximate surface area is 116 Å². The number of nitrogens with zero attached hydrogens (tertiary/aromatic N) is 1. The van der Waals surface area contributed by atoms with E-state index in [-0.39, 0.29) is 23.8 Å². The number of benzene rings is 1. The zero-order valence-electron chi connectivity index (χ0n) is 11.0. The Morgan fingerprint density at radius 2 is 1.65 bits per heavy atom. The summed E-state index contributed by atoms with van der Waals surface area (Å²) in [6, 6.07) is 5.51. The molecule has 0 N–H and O–H groups in total. The Balaban J connectivity index is 2.20. The molecule has 1 fully saturated rings. The van der Waals surface area contributed by atoms with Crippen molar-refractivity contribution in [3.8, 4) is 0 Å². The van der Waals surface area contributed by atoms with Gasteiger partial charge in [0.2, 0.25) is 10.0 Å². The number of alkyl halides is 2. The maximum atomic E-state index is 13.1. The minimum absolute atomic E-state index is 0.0210. The van der Waals surface area contributed by atoms with Crippen molar-refractivity contribution in [2.45, 2.75) is 30.6 Å². The molecule has 1 aliphatic rings. The maximum Gasteiger partial charge on any atom is 0.250 e.